The van der Waals surface area contributed by atoms with Gasteiger partial charge in [0.1, 0.15) is 5.82 Å². The predicted molar refractivity (Wildman–Crippen MR) is 90.9 cm³/mol. The molecule has 6 heteroatoms. The first-order chi connectivity index (χ1) is 11.2. The van der Waals surface area contributed by atoms with Crippen LogP contribution in [0.5, 0.6) is 0 Å². The third-order valence-corrected chi connectivity index (χ3v) is 4.21. The van der Waals surface area contributed by atoms with Crippen LogP contribution < -0.4 is 0 Å². The fourth-order valence-electron chi connectivity index (χ4n) is 2.08. The topological polar surface area (TPSA) is 45.0 Å². The summed E-state index contributed by atoms with van der Waals surface area (Å²) in [5.74, 6) is 0.0335. The molecular weight excluding hydrogens is 313 g/mol. The fraction of sp³-hybridized carbons (Fsp3) is 0.118. The van der Waals surface area contributed by atoms with Crippen LogP contribution >= 0.6 is 11.8 Å². The van der Waals surface area contributed by atoms with Gasteiger partial charge in [0, 0.05) is 0 Å². The Morgan fingerprint density at radius 2 is 1.87 bits per heavy atom. The van der Waals surface area contributed by atoms with Gasteiger partial charge in [-0.1, -0.05) is 54.2 Å². The number of benzene rings is 2. The number of thioether (sulfide) groups is 1. The van der Waals surface area contributed by atoms with E-state index in [0.29, 0.717) is 17.5 Å². The van der Waals surface area contributed by atoms with Crippen LogP contribution in [0.1, 0.15) is 11.1 Å². The first-order valence-electron chi connectivity index (χ1n) is 7.06. The lowest BCUT2D eigenvalue weighted by Crippen LogP contribution is -2.28. The highest BCUT2D eigenvalue weighted by Crippen LogP contribution is 2.22. The maximum Gasteiger partial charge on any atom is 0.239 e. The number of halogens is 1. The van der Waals surface area contributed by atoms with Gasteiger partial charge in [-0.05, 0) is 23.3 Å². The molecule has 1 saturated heterocycles. The van der Waals surface area contributed by atoms with Crippen molar-refractivity contribution >= 4 is 29.1 Å². The Hall–Kier alpha value is -2.47. The highest BCUT2D eigenvalue weighted by Gasteiger charge is 2.28. The van der Waals surface area contributed by atoms with Crippen LogP contribution in [-0.4, -0.2) is 27.9 Å². The number of rotatable bonds is 4. The second kappa shape index (κ2) is 7.19. The molecule has 0 aromatic heterocycles. The van der Waals surface area contributed by atoms with E-state index >= 15 is 0 Å². The Morgan fingerprint density at radius 3 is 2.61 bits per heavy atom. The monoisotopic (exact) mass is 327 g/mol. The van der Waals surface area contributed by atoms with E-state index < -0.39 is 0 Å². The molecule has 0 radical (unpaired) electrons. The van der Waals surface area contributed by atoms with Crippen LogP contribution in [0.3, 0.4) is 0 Å². The minimum absolute atomic E-state index is 0.0204. The normalized spacial score (nSPS) is 16.7. The quantitative estimate of drug-likeness (QED) is 0.639. The van der Waals surface area contributed by atoms with E-state index in [9.17, 15) is 9.18 Å². The van der Waals surface area contributed by atoms with Crippen LogP contribution in [0, 0.1) is 5.82 Å². The van der Waals surface area contributed by atoms with Crippen LogP contribution in [0.4, 0.5) is 4.39 Å². The highest BCUT2D eigenvalue weighted by molar-refractivity contribution is 8.15. The van der Waals surface area contributed by atoms with E-state index in [1.807, 2.05) is 30.3 Å². The maximum absolute atomic E-state index is 13.0. The third-order valence-electron chi connectivity index (χ3n) is 3.26. The second-order valence-electron chi connectivity index (χ2n) is 4.93. The van der Waals surface area contributed by atoms with Crippen LogP contribution in [0.15, 0.2) is 64.8 Å². The van der Waals surface area contributed by atoms with E-state index in [-0.39, 0.29) is 11.7 Å². The van der Waals surface area contributed by atoms with Crippen molar-refractivity contribution in [3.05, 3.63) is 71.5 Å². The molecule has 23 heavy (non-hydrogen) atoms. The molecule has 0 aliphatic carbocycles. The molecule has 3 rings (SSSR count). The molecule has 1 aliphatic rings. The predicted octanol–water partition coefficient (Wildman–Crippen LogP) is 3.29. The van der Waals surface area contributed by atoms with Gasteiger partial charge in [0.15, 0.2) is 5.17 Å². The summed E-state index contributed by atoms with van der Waals surface area (Å²) in [5, 5.41) is 8.76. The van der Waals surface area contributed by atoms with Gasteiger partial charge < -0.3 is 0 Å². The second-order valence-corrected chi connectivity index (χ2v) is 5.88. The Morgan fingerprint density at radius 1 is 1.13 bits per heavy atom. The first kappa shape index (κ1) is 15.4. The lowest BCUT2D eigenvalue weighted by molar-refractivity contribution is -0.124. The zero-order chi connectivity index (χ0) is 16.1. The number of carbonyl (C=O) groups is 1. The zero-order valence-electron chi connectivity index (χ0n) is 12.2. The molecule has 4 nitrogen and oxygen atoms in total. The van der Waals surface area contributed by atoms with Crippen molar-refractivity contribution in [3.8, 4) is 0 Å². The molecule has 0 saturated carbocycles. The Balaban J connectivity index is 1.73. The number of hydrogen-bond acceptors (Lipinski definition) is 4. The van der Waals surface area contributed by atoms with E-state index in [4.69, 9.17) is 0 Å². The smallest absolute Gasteiger partial charge is 0.239 e. The average Bonchev–Trinajstić information content (AvgIpc) is 2.91. The minimum Gasteiger partial charge on any atom is -0.285 e. The molecule has 0 N–H and O–H groups in total. The van der Waals surface area contributed by atoms with Crippen LogP contribution in [-0.2, 0) is 11.3 Å². The third kappa shape index (κ3) is 4.04. The van der Waals surface area contributed by atoms with E-state index in [0.717, 1.165) is 11.1 Å². The largest absolute Gasteiger partial charge is 0.285 e. The van der Waals surface area contributed by atoms with Gasteiger partial charge >= 0.3 is 0 Å². The van der Waals surface area contributed by atoms with E-state index in [1.54, 1.807) is 23.2 Å². The fourth-order valence-corrected chi connectivity index (χ4v) is 2.92. The van der Waals surface area contributed by atoms with Crippen molar-refractivity contribution in [2.45, 2.75) is 6.54 Å². The highest BCUT2D eigenvalue weighted by atomic mass is 32.2. The van der Waals surface area contributed by atoms with Crippen molar-refractivity contribution in [2.24, 2.45) is 10.2 Å². The standard InChI is InChI=1S/C17H14FN3OS/c18-15-8-6-14(7-9-15)11-21-16(22)12-23-17(21)20-19-10-13-4-2-1-3-5-13/h1-10H,11-12H2/b19-10+,20-17+. The lowest BCUT2D eigenvalue weighted by Gasteiger charge is -2.15. The van der Waals surface area contributed by atoms with Gasteiger partial charge in [0.05, 0.1) is 18.5 Å². The number of amides is 1. The minimum atomic E-state index is -0.294. The molecule has 2 aromatic rings. The van der Waals surface area contributed by atoms with Gasteiger partial charge in [0.25, 0.3) is 0 Å². The molecule has 0 atom stereocenters. The van der Waals surface area contributed by atoms with Crippen molar-refractivity contribution in [2.75, 3.05) is 5.75 Å². The lowest BCUT2D eigenvalue weighted by atomic mass is 10.2. The molecule has 0 unspecified atom stereocenters. The summed E-state index contributed by atoms with van der Waals surface area (Å²) < 4.78 is 13.0. The zero-order valence-corrected chi connectivity index (χ0v) is 13.0. The molecule has 1 fully saturated rings. The molecule has 0 bridgehead atoms. The Bertz CT molecular complexity index is 744. The number of carbonyl (C=O) groups excluding carboxylic acids is 1. The van der Waals surface area contributed by atoms with Crippen molar-refractivity contribution in [1.29, 1.82) is 0 Å². The number of nitrogens with zero attached hydrogens (tertiary/aromatic N) is 3. The van der Waals surface area contributed by atoms with Crippen LogP contribution in [0.2, 0.25) is 0 Å². The summed E-state index contributed by atoms with van der Waals surface area (Å²) in [6.07, 6.45) is 1.65. The van der Waals surface area contributed by atoms with Crippen molar-refractivity contribution in [3.63, 3.8) is 0 Å². The van der Waals surface area contributed by atoms with Crippen molar-refractivity contribution < 1.29 is 9.18 Å². The van der Waals surface area contributed by atoms with E-state index in [1.165, 1.54) is 23.9 Å². The molecule has 1 amide bonds. The summed E-state index contributed by atoms with van der Waals surface area (Å²) in [4.78, 5) is 13.6. The van der Waals surface area contributed by atoms with Crippen molar-refractivity contribution in [1.82, 2.24) is 4.90 Å². The van der Waals surface area contributed by atoms with E-state index in [2.05, 4.69) is 10.2 Å². The number of hydrogen-bond donors (Lipinski definition) is 0. The summed E-state index contributed by atoms with van der Waals surface area (Å²) >= 11 is 1.35. The summed E-state index contributed by atoms with van der Waals surface area (Å²) in [6.45, 7) is 0.367. The molecule has 2 aromatic carbocycles. The SMILES string of the molecule is O=C1CS/C(=N/N=C/c2ccccc2)N1Cc1ccc(F)cc1. The van der Waals surface area contributed by atoms with Gasteiger partial charge in [0.2, 0.25) is 5.91 Å². The first-order valence-corrected chi connectivity index (χ1v) is 8.04. The summed E-state index contributed by atoms with van der Waals surface area (Å²) in [7, 11) is 0. The molecule has 1 heterocycles. The summed E-state index contributed by atoms with van der Waals surface area (Å²) in [5.41, 5.74) is 1.79. The van der Waals surface area contributed by atoms with Gasteiger partial charge in [-0.25, -0.2) is 4.39 Å². The molecule has 0 spiro atoms. The average molecular weight is 327 g/mol. The molecule has 1 aliphatic heterocycles. The molecular formula is C17H14FN3OS. The maximum atomic E-state index is 13.0. The van der Waals surface area contributed by atoms with Gasteiger partial charge in [-0.2, -0.15) is 5.10 Å². The summed E-state index contributed by atoms with van der Waals surface area (Å²) in [6, 6.07) is 15.7. The number of amidine groups is 1. The van der Waals surface area contributed by atoms with Gasteiger partial charge in [-0.15, -0.1) is 5.10 Å². The van der Waals surface area contributed by atoms with Crippen LogP contribution in [0.25, 0.3) is 0 Å². The molecule has 116 valence electrons. The van der Waals surface area contributed by atoms with Gasteiger partial charge in [-0.3, -0.25) is 9.69 Å². The Kier molecular flexibility index (Phi) is 4.83. The Labute approximate surface area is 137 Å².